The van der Waals surface area contributed by atoms with Gasteiger partial charge in [0, 0.05) is 30.3 Å². The number of aliphatic hydroxyl groups is 8. The lowest BCUT2D eigenvalue weighted by molar-refractivity contribution is -0.321. The van der Waals surface area contributed by atoms with Gasteiger partial charge in [0.25, 0.3) is 0 Å². The number of aliphatic hydroxyl groups excluding tert-OH is 8. The Morgan fingerprint density at radius 2 is 1.54 bits per heavy atom. The summed E-state index contributed by atoms with van der Waals surface area (Å²) < 4.78 is 37.3. The van der Waals surface area contributed by atoms with Crippen molar-refractivity contribution in [3.63, 3.8) is 0 Å². The monoisotopic (exact) mass is 770 g/mol. The van der Waals surface area contributed by atoms with Crippen molar-refractivity contribution in [1.29, 1.82) is 0 Å². The second-order valence-corrected chi connectivity index (χ2v) is 19.3. The molecule has 5 saturated carbocycles. The number of fused-ring (bicyclic) bond motifs is 6. The van der Waals surface area contributed by atoms with Gasteiger partial charge in [-0.2, -0.15) is 0 Å². The van der Waals surface area contributed by atoms with Crippen LogP contribution in [0.4, 0.5) is 0 Å². The van der Waals surface area contributed by atoms with Crippen molar-refractivity contribution in [2.75, 3.05) is 20.3 Å². The van der Waals surface area contributed by atoms with Crippen LogP contribution in [0.2, 0.25) is 0 Å². The molecule has 24 atom stereocenters. The molecular formula is C40H66O14. The fraction of sp³-hybridized carbons (Fsp3) is 1.00. The summed E-state index contributed by atoms with van der Waals surface area (Å²) in [5.41, 5.74) is -0.564. The molecular weight excluding hydrogens is 704 g/mol. The van der Waals surface area contributed by atoms with Crippen molar-refractivity contribution in [3.05, 3.63) is 0 Å². The maximum atomic E-state index is 12.0. The zero-order chi connectivity index (χ0) is 38.9. The molecule has 0 bridgehead atoms. The summed E-state index contributed by atoms with van der Waals surface area (Å²) in [5.74, 6) is 0.931. The van der Waals surface area contributed by atoms with Gasteiger partial charge in [0.1, 0.15) is 42.7 Å². The minimum absolute atomic E-state index is 0.0136. The van der Waals surface area contributed by atoms with Crippen LogP contribution >= 0.6 is 0 Å². The second-order valence-electron chi connectivity index (χ2n) is 19.3. The van der Waals surface area contributed by atoms with Crippen LogP contribution in [-0.2, 0) is 28.4 Å². The van der Waals surface area contributed by atoms with E-state index in [1.807, 2.05) is 6.92 Å². The Labute approximate surface area is 318 Å². The topological polar surface area (TPSA) is 217 Å². The molecule has 0 radical (unpaired) electrons. The van der Waals surface area contributed by atoms with Gasteiger partial charge in [-0.25, -0.2) is 0 Å². The first-order valence-electron chi connectivity index (χ1n) is 20.7. The molecule has 8 fully saturated rings. The fourth-order valence-corrected chi connectivity index (χ4v) is 14.1. The summed E-state index contributed by atoms with van der Waals surface area (Å²) in [7, 11) is 1.72. The quantitative estimate of drug-likeness (QED) is 0.153. The largest absolute Gasteiger partial charge is 0.394 e. The summed E-state index contributed by atoms with van der Waals surface area (Å²) in [5, 5.41) is 83.9. The number of rotatable bonds is 10. The predicted molar refractivity (Wildman–Crippen MR) is 189 cm³/mol. The molecule has 8 rings (SSSR count). The first-order chi connectivity index (χ1) is 25.5. The van der Waals surface area contributed by atoms with Crippen molar-refractivity contribution in [1.82, 2.24) is 0 Å². The molecule has 5 aliphatic carbocycles. The highest BCUT2D eigenvalue weighted by Gasteiger charge is 2.81. The molecule has 8 aliphatic rings. The highest BCUT2D eigenvalue weighted by atomic mass is 16.7. The van der Waals surface area contributed by atoms with Gasteiger partial charge in [0.2, 0.25) is 0 Å². The Balaban J connectivity index is 0.941. The van der Waals surface area contributed by atoms with Crippen LogP contribution in [0.1, 0.15) is 86.0 Å². The Hall–Kier alpha value is -0.560. The van der Waals surface area contributed by atoms with E-state index < -0.39 is 79.9 Å². The van der Waals surface area contributed by atoms with Crippen LogP contribution in [0.15, 0.2) is 0 Å². The van der Waals surface area contributed by atoms with Crippen LogP contribution in [0.25, 0.3) is 0 Å². The average Bonchev–Trinajstić information content (AvgIpc) is 3.59. The van der Waals surface area contributed by atoms with E-state index in [1.54, 1.807) is 14.0 Å². The first-order valence-corrected chi connectivity index (χ1v) is 20.7. The smallest absolute Gasteiger partial charge is 0.186 e. The first kappa shape index (κ1) is 40.2. The van der Waals surface area contributed by atoms with Crippen molar-refractivity contribution in [3.8, 4) is 0 Å². The minimum Gasteiger partial charge on any atom is -0.394 e. The summed E-state index contributed by atoms with van der Waals surface area (Å²) in [6.45, 7) is 10.4. The summed E-state index contributed by atoms with van der Waals surface area (Å²) in [6, 6.07) is 0. The molecule has 0 aromatic heterocycles. The molecule has 14 nitrogen and oxygen atoms in total. The predicted octanol–water partition coefficient (Wildman–Crippen LogP) is 0.659. The zero-order valence-electron chi connectivity index (χ0n) is 32.6. The van der Waals surface area contributed by atoms with Crippen molar-refractivity contribution >= 4 is 0 Å². The average molecular weight is 771 g/mol. The van der Waals surface area contributed by atoms with Gasteiger partial charge in [0.05, 0.1) is 37.6 Å². The SMILES string of the molecule is COC1(CCC(C)COC2OC(CO)C(O)C(O)C2O)OC2CC3C4CC(O)C56CC5CC(OC5OC(C)C(O)C(O)C5O)C6(C)C4CCC3(C)C2C1C. The van der Waals surface area contributed by atoms with Gasteiger partial charge in [-0.3, -0.25) is 0 Å². The van der Waals surface area contributed by atoms with Gasteiger partial charge in [-0.05, 0) is 92.8 Å². The van der Waals surface area contributed by atoms with Gasteiger partial charge in [0.15, 0.2) is 18.4 Å². The second kappa shape index (κ2) is 14.0. The van der Waals surface area contributed by atoms with E-state index in [2.05, 4.69) is 20.8 Å². The van der Waals surface area contributed by atoms with Crippen LogP contribution in [0.3, 0.4) is 0 Å². The van der Waals surface area contributed by atoms with Crippen molar-refractivity contribution in [2.24, 2.45) is 57.7 Å². The Morgan fingerprint density at radius 3 is 2.24 bits per heavy atom. The normalized spacial score (nSPS) is 59.6. The van der Waals surface area contributed by atoms with Gasteiger partial charge >= 0.3 is 0 Å². The molecule has 24 unspecified atom stereocenters. The van der Waals surface area contributed by atoms with E-state index in [9.17, 15) is 40.9 Å². The summed E-state index contributed by atoms with van der Waals surface area (Å²) in [4.78, 5) is 0. The lowest BCUT2D eigenvalue weighted by Crippen LogP contribution is -2.62. The Kier molecular flexibility index (Phi) is 10.5. The van der Waals surface area contributed by atoms with Crippen LogP contribution in [-0.4, -0.2) is 147 Å². The lowest BCUT2D eigenvalue weighted by atomic mass is 9.44. The number of methoxy groups -OCH3 is 1. The van der Waals surface area contributed by atoms with E-state index in [0.29, 0.717) is 30.6 Å². The summed E-state index contributed by atoms with van der Waals surface area (Å²) in [6.07, 6.45) is -6.07. The Bertz CT molecular complexity index is 1370. The fourth-order valence-electron chi connectivity index (χ4n) is 14.1. The zero-order valence-corrected chi connectivity index (χ0v) is 32.6. The minimum atomic E-state index is -1.49. The molecule has 3 aliphatic heterocycles. The molecule has 0 aromatic rings. The number of ether oxygens (including phenoxy) is 6. The number of hydrogen-bond acceptors (Lipinski definition) is 14. The maximum Gasteiger partial charge on any atom is 0.186 e. The Morgan fingerprint density at radius 1 is 0.833 bits per heavy atom. The third-order valence-electron chi connectivity index (χ3n) is 17.1. The van der Waals surface area contributed by atoms with Crippen LogP contribution in [0.5, 0.6) is 0 Å². The standard InChI is InChI=1S/C40H66O14/c1-17(16-50-35-33(47)32(46)30(44)25(15-41)52-35)7-10-40(49-6)18(2)28-24(54-40)13-23-21-12-26(42)39-14-20(39)11-27(38(39,5)22(21)8-9-37(23,28)4)53-36-34(48)31(45)29(43)19(3)51-36/h17-36,41-48H,7-16H2,1-6H3. The van der Waals surface area contributed by atoms with E-state index in [4.69, 9.17) is 28.4 Å². The molecule has 14 heteroatoms. The highest BCUT2D eigenvalue weighted by Crippen LogP contribution is 2.82. The van der Waals surface area contributed by atoms with Crippen molar-refractivity contribution in [2.45, 2.75) is 171 Å². The van der Waals surface area contributed by atoms with E-state index in [1.165, 1.54) is 0 Å². The van der Waals surface area contributed by atoms with Gasteiger partial charge in [-0.1, -0.05) is 27.7 Å². The molecule has 3 saturated heterocycles. The third-order valence-corrected chi connectivity index (χ3v) is 17.1. The van der Waals surface area contributed by atoms with Gasteiger partial charge in [-0.15, -0.1) is 0 Å². The third kappa shape index (κ3) is 5.63. The van der Waals surface area contributed by atoms with E-state index in [0.717, 1.165) is 38.5 Å². The molecule has 8 N–H and O–H groups in total. The molecule has 54 heavy (non-hydrogen) atoms. The lowest BCUT2D eigenvalue weighted by Gasteiger charge is -2.62. The van der Waals surface area contributed by atoms with E-state index in [-0.39, 0.29) is 58.7 Å². The van der Waals surface area contributed by atoms with Crippen molar-refractivity contribution < 1.29 is 69.3 Å². The van der Waals surface area contributed by atoms with Crippen LogP contribution < -0.4 is 0 Å². The molecule has 3 heterocycles. The highest BCUT2D eigenvalue weighted by molar-refractivity contribution is 5.29. The van der Waals surface area contributed by atoms with E-state index >= 15 is 0 Å². The van der Waals surface area contributed by atoms with Gasteiger partial charge < -0.3 is 69.3 Å². The van der Waals surface area contributed by atoms with Crippen LogP contribution in [0, 0.1) is 57.7 Å². The summed E-state index contributed by atoms with van der Waals surface area (Å²) >= 11 is 0. The maximum absolute atomic E-state index is 12.0. The molecule has 0 amide bonds. The molecule has 310 valence electrons. The number of hydrogen-bond donors (Lipinski definition) is 8. The molecule has 1 spiro atoms. The molecule has 0 aromatic carbocycles.